The second-order valence-corrected chi connectivity index (χ2v) is 23.6. The monoisotopic (exact) mass is 1080 g/mol. The fraction of sp³-hybridized carbons (Fsp3) is 0.821. The third-order valence-corrected chi connectivity index (χ3v) is 17.3. The molecule has 4 aliphatic rings. The summed E-state index contributed by atoms with van der Waals surface area (Å²) >= 11 is 0. The van der Waals surface area contributed by atoms with Crippen molar-refractivity contribution in [3.8, 4) is 0 Å². The fourth-order valence-electron chi connectivity index (χ4n) is 12.8. The van der Waals surface area contributed by atoms with Crippen LogP contribution in [0.5, 0.6) is 0 Å². The maximum absolute atomic E-state index is 15.0. The average molecular weight is 1080 g/mol. The number of Topliss-reactive ketones (excluding diaryl/α,β-unsaturated/α-hetero) is 1. The molecule has 0 saturated carbocycles. The van der Waals surface area contributed by atoms with Gasteiger partial charge in [0.15, 0.2) is 17.7 Å². The Bertz CT molecular complexity index is 2150. The number of ketones is 1. The molecule has 0 radical (unpaired) electrons. The number of likely N-dealkylation sites (N-methyl/N-ethyl adjacent to an activating group) is 2. The zero-order valence-electron chi connectivity index (χ0n) is 47.8. The normalized spacial score (nSPS) is 38.5. The number of carbonyl (C=O) groups is 2. The second kappa shape index (κ2) is 26.5. The molecule has 4 N–H and O–H groups in total. The van der Waals surface area contributed by atoms with Crippen LogP contribution in [0.3, 0.4) is 0 Å². The Morgan fingerprint density at radius 3 is 2.22 bits per heavy atom. The Morgan fingerprint density at radius 2 is 1.61 bits per heavy atom. The summed E-state index contributed by atoms with van der Waals surface area (Å²) in [5.74, 6) is -3.51. The number of nitrogens with zero attached hydrogens (tertiary/aromatic N) is 6. The summed E-state index contributed by atoms with van der Waals surface area (Å²) < 4.78 is 60.2. The molecule has 1 aromatic heterocycles. The van der Waals surface area contributed by atoms with E-state index in [1.165, 1.54) is 18.7 Å². The van der Waals surface area contributed by atoms with Gasteiger partial charge < -0.3 is 58.5 Å². The first-order valence-electron chi connectivity index (χ1n) is 27.7. The number of carbonyl (C=O) groups excluding carboxylic acids is 2. The van der Waals surface area contributed by atoms with Crippen molar-refractivity contribution in [3.63, 3.8) is 0 Å². The van der Waals surface area contributed by atoms with E-state index in [9.17, 15) is 34.4 Å². The van der Waals surface area contributed by atoms with Crippen molar-refractivity contribution >= 4 is 11.8 Å². The van der Waals surface area contributed by atoms with Gasteiger partial charge >= 0.3 is 5.97 Å². The van der Waals surface area contributed by atoms with Crippen LogP contribution >= 0.6 is 0 Å². The molecule has 432 valence electrons. The molecule has 1 aromatic carbocycles. The predicted octanol–water partition coefficient (Wildman–Crippen LogP) is 4.84. The van der Waals surface area contributed by atoms with Gasteiger partial charge in [0.2, 0.25) is 0 Å². The molecule has 19 atom stereocenters. The molecule has 76 heavy (non-hydrogen) atoms. The molecule has 4 fully saturated rings. The lowest BCUT2D eigenvalue weighted by Gasteiger charge is -2.50. The third-order valence-electron chi connectivity index (χ3n) is 17.3. The third kappa shape index (κ3) is 14.4. The molecular weight excluding hydrogens is 984 g/mol. The molecule has 2 aromatic rings. The zero-order chi connectivity index (χ0) is 56.0. The van der Waals surface area contributed by atoms with Crippen LogP contribution in [0.1, 0.15) is 137 Å². The van der Waals surface area contributed by atoms with E-state index in [2.05, 4.69) is 10.3 Å². The smallest absolute Gasteiger partial charge is 0.309 e. The van der Waals surface area contributed by atoms with Gasteiger partial charge in [0.1, 0.15) is 37.3 Å². The lowest BCUT2D eigenvalue weighted by atomic mass is 9.68. The topological polar surface area (TPSA) is 220 Å². The number of esters is 1. The lowest BCUT2D eigenvalue weighted by Crippen LogP contribution is -2.60. The molecule has 6 rings (SSSR count). The van der Waals surface area contributed by atoms with Gasteiger partial charge in [0.05, 0.1) is 66.5 Å². The molecule has 0 spiro atoms. The van der Waals surface area contributed by atoms with Crippen LogP contribution in [0, 0.1) is 23.7 Å². The number of hydrogen-bond acceptors (Lipinski definition) is 18. The standard InChI is InChI=1S/C56H93FN6O13/c1-15-45-56(10,69)49(65)38(7)61(12)31-33(2)27-55(9,68)50(36(5)46(37(6)52(67)75-45)44-29-54(8,71-14)28-35(4)73-44)76-53-47(64)42(26-34(3)74-53)60(11)21-20-41-32-63(59-58-41)43(30-57)48(70-13)39-16-18-40(19-17-39)51(66)62-22-24-72-25-23-62/h16-19,32-38,42-48,50-51,53,64,66,68-69H,15,20-31H2,1-14H3/t33-,34-,35+,36+,37-,38-,42?,43-,44?,45-,46+,47?,48-,50-,51?,53+,54+,55-,56-/m1/s1. The molecule has 0 aliphatic carbocycles. The van der Waals surface area contributed by atoms with Gasteiger partial charge in [-0.15, -0.1) is 5.10 Å². The Hall–Kier alpha value is -3.09. The quantitative estimate of drug-likeness (QED) is 0.165. The van der Waals surface area contributed by atoms with Crippen molar-refractivity contribution in [2.75, 3.05) is 74.4 Å². The first kappa shape index (κ1) is 62.1. The number of cyclic esters (lactones) is 1. The number of aromatic nitrogens is 3. The Balaban J connectivity index is 1.24. The Kier molecular flexibility index (Phi) is 21.6. The maximum Gasteiger partial charge on any atom is 0.309 e. The summed E-state index contributed by atoms with van der Waals surface area (Å²) in [6.45, 7) is 20.6. The summed E-state index contributed by atoms with van der Waals surface area (Å²) in [6, 6.07) is 5.29. The minimum atomic E-state index is -1.99. The summed E-state index contributed by atoms with van der Waals surface area (Å²) in [7, 11) is 6.89. The molecular formula is C56H93FN6O13. The highest BCUT2D eigenvalue weighted by Gasteiger charge is 2.53. The minimum absolute atomic E-state index is 0.183. The number of methoxy groups -OCH3 is 2. The number of rotatable bonds is 16. The van der Waals surface area contributed by atoms with Gasteiger partial charge in [-0.1, -0.05) is 57.2 Å². The molecule has 20 heteroatoms. The summed E-state index contributed by atoms with van der Waals surface area (Å²) in [5.41, 5.74) is -2.14. The summed E-state index contributed by atoms with van der Waals surface area (Å²) in [6.07, 6.45) is -3.28. The van der Waals surface area contributed by atoms with Gasteiger partial charge in [0, 0.05) is 77.8 Å². The highest BCUT2D eigenvalue weighted by Crippen LogP contribution is 2.45. The fourth-order valence-corrected chi connectivity index (χ4v) is 12.8. The molecule has 4 saturated heterocycles. The zero-order valence-corrected chi connectivity index (χ0v) is 47.8. The van der Waals surface area contributed by atoms with Crippen LogP contribution in [0.15, 0.2) is 30.5 Å². The summed E-state index contributed by atoms with van der Waals surface area (Å²) in [4.78, 5) is 34.5. The van der Waals surface area contributed by atoms with Crippen molar-refractivity contribution in [1.29, 1.82) is 0 Å². The van der Waals surface area contributed by atoms with Crippen LogP contribution in [-0.4, -0.2) is 208 Å². The van der Waals surface area contributed by atoms with E-state index in [1.807, 2.05) is 80.6 Å². The minimum Gasteiger partial charge on any atom is -0.459 e. The van der Waals surface area contributed by atoms with Gasteiger partial charge in [-0.25, -0.2) is 9.07 Å². The van der Waals surface area contributed by atoms with Gasteiger partial charge in [-0.2, -0.15) is 0 Å². The van der Waals surface area contributed by atoms with E-state index in [-0.39, 0.29) is 31.0 Å². The van der Waals surface area contributed by atoms with Crippen molar-refractivity contribution < 1.29 is 67.6 Å². The average Bonchev–Trinajstić information content (AvgIpc) is 3.86. The van der Waals surface area contributed by atoms with E-state index in [0.29, 0.717) is 70.8 Å². The Labute approximate surface area is 451 Å². The van der Waals surface area contributed by atoms with Crippen molar-refractivity contribution in [1.82, 2.24) is 29.7 Å². The molecule has 4 aliphatic heterocycles. The largest absolute Gasteiger partial charge is 0.459 e. The van der Waals surface area contributed by atoms with Crippen LogP contribution < -0.4 is 0 Å². The molecule has 0 bridgehead atoms. The number of ether oxygens (including phenoxy) is 7. The van der Waals surface area contributed by atoms with E-state index in [1.54, 1.807) is 48.0 Å². The summed E-state index contributed by atoms with van der Waals surface area (Å²) in [5, 5.41) is 56.9. The van der Waals surface area contributed by atoms with Crippen LogP contribution in [0.2, 0.25) is 0 Å². The van der Waals surface area contributed by atoms with E-state index >= 15 is 0 Å². The van der Waals surface area contributed by atoms with Gasteiger partial charge in [-0.05, 0) is 97.9 Å². The number of alkyl halides is 1. The van der Waals surface area contributed by atoms with Crippen molar-refractivity contribution in [2.24, 2.45) is 23.7 Å². The first-order valence-corrected chi connectivity index (χ1v) is 27.7. The number of benzene rings is 1. The number of hydrogen-bond donors (Lipinski definition) is 4. The van der Waals surface area contributed by atoms with Crippen LogP contribution in [-0.2, 0) is 49.2 Å². The molecule has 0 amide bonds. The molecule has 5 heterocycles. The van der Waals surface area contributed by atoms with Gasteiger partial charge in [-0.3, -0.25) is 19.4 Å². The lowest BCUT2D eigenvalue weighted by molar-refractivity contribution is -0.301. The van der Waals surface area contributed by atoms with E-state index < -0.39 is 114 Å². The van der Waals surface area contributed by atoms with Crippen molar-refractivity contribution in [2.45, 2.75) is 198 Å². The first-order chi connectivity index (χ1) is 35.8. The SMILES string of the molecule is CC[C@H]1OC(=O)[C@H](C)[C@@H](C2C[C@@](C)(OC)C[C@H](C)O2)[C@H](C)[C@@H](O[C@@H]2O[C@H](C)CC(N(C)CCc3cn([C@H](CF)[C@H](OC)c4ccc(C(O)N5CCOCC5)cc4)nn3)C2O)[C@](C)(O)C[C@@H](C)CN(C)[C@H](C)C(=O)[C@]1(C)O. The van der Waals surface area contributed by atoms with Crippen molar-refractivity contribution in [3.05, 3.63) is 47.3 Å². The Morgan fingerprint density at radius 1 is 0.947 bits per heavy atom. The number of morpholine rings is 1. The maximum atomic E-state index is 15.0. The number of aliphatic hydroxyl groups is 4. The van der Waals surface area contributed by atoms with Crippen LogP contribution in [0.25, 0.3) is 0 Å². The number of halogens is 1. The predicted molar refractivity (Wildman–Crippen MR) is 282 cm³/mol. The number of aliphatic hydroxyl groups excluding tert-OH is 2. The highest BCUT2D eigenvalue weighted by molar-refractivity contribution is 5.92. The van der Waals surface area contributed by atoms with E-state index in [0.717, 1.165) is 11.1 Å². The highest BCUT2D eigenvalue weighted by atomic mass is 19.1. The molecule has 19 nitrogen and oxygen atoms in total. The molecule has 4 unspecified atom stereocenters. The van der Waals surface area contributed by atoms with E-state index in [4.69, 9.17) is 33.2 Å². The van der Waals surface area contributed by atoms with Crippen LogP contribution in [0.4, 0.5) is 4.39 Å². The van der Waals surface area contributed by atoms with Gasteiger partial charge in [0.25, 0.3) is 0 Å². The second-order valence-electron chi connectivity index (χ2n) is 23.6.